The van der Waals surface area contributed by atoms with Gasteiger partial charge in [0.2, 0.25) is 0 Å². The number of hydrogen-bond acceptors (Lipinski definition) is 4. The van der Waals surface area contributed by atoms with E-state index < -0.39 is 0 Å². The highest BCUT2D eigenvalue weighted by Gasteiger charge is 2.12. The van der Waals surface area contributed by atoms with Crippen molar-refractivity contribution >= 4 is 55.9 Å². The highest BCUT2D eigenvalue weighted by Crippen LogP contribution is 2.35. The lowest BCUT2D eigenvalue weighted by atomic mass is 10.2. The van der Waals surface area contributed by atoms with Crippen LogP contribution in [0, 0.1) is 0 Å². The van der Waals surface area contributed by atoms with Crippen molar-refractivity contribution in [2.45, 2.75) is 20.1 Å². The number of aromatic amines is 2. The first-order chi connectivity index (χ1) is 15.4. The molecule has 0 unspecified atom stereocenters. The first kappa shape index (κ1) is 22.6. The molecule has 32 heavy (non-hydrogen) atoms. The van der Waals surface area contributed by atoms with E-state index in [4.69, 9.17) is 32.7 Å². The van der Waals surface area contributed by atoms with Crippen LogP contribution in [-0.2, 0) is 13.2 Å². The monoisotopic (exact) mass is 535 g/mol. The Labute approximate surface area is 203 Å². The van der Waals surface area contributed by atoms with Crippen molar-refractivity contribution in [1.82, 2.24) is 9.97 Å². The Balaban J connectivity index is 1.50. The van der Waals surface area contributed by atoms with Crippen LogP contribution in [0.25, 0.3) is 11.0 Å². The van der Waals surface area contributed by atoms with E-state index in [1.165, 1.54) is 0 Å². The minimum Gasteiger partial charge on any atom is -0.490 e. The minimum absolute atomic E-state index is 0.224. The van der Waals surface area contributed by atoms with E-state index in [1.807, 2.05) is 43.3 Å². The summed E-state index contributed by atoms with van der Waals surface area (Å²) in [5.41, 5.74) is 4.08. The van der Waals surface area contributed by atoms with Crippen molar-refractivity contribution in [3.63, 3.8) is 0 Å². The summed E-state index contributed by atoms with van der Waals surface area (Å²) >= 11 is 15.7. The molecule has 166 valence electrons. The summed E-state index contributed by atoms with van der Waals surface area (Å²) in [4.78, 5) is 17.0. The van der Waals surface area contributed by atoms with Crippen LogP contribution >= 0.6 is 39.1 Å². The molecule has 4 aromatic rings. The second-order valence-electron chi connectivity index (χ2n) is 7.05. The molecule has 0 saturated heterocycles. The average Bonchev–Trinajstić information content (AvgIpc) is 3.14. The Morgan fingerprint density at radius 1 is 0.938 bits per heavy atom. The SMILES string of the molecule is CCOc1cc(CNc2ccc3[nH]c(=O)[nH]c3c2)c(Br)cc1OCc1ccc(Cl)c(Cl)c1. The zero-order valence-corrected chi connectivity index (χ0v) is 20.2. The number of fused-ring (bicyclic) bond motifs is 1. The molecule has 0 saturated carbocycles. The molecule has 0 bridgehead atoms. The van der Waals surface area contributed by atoms with E-state index in [9.17, 15) is 4.79 Å². The van der Waals surface area contributed by atoms with Gasteiger partial charge in [-0.3, -0.25) is 0 Å². The van der Waals surface area contributed by atoms with E-state index in [0.717, 1.165) is 32.3 Å². The number of aromatic nitrogens is 2. The number of hydrogen-bond donors (Lipinski definition) is 3. The summed E-state index contributed by atoms with van der Waals surface area (Å²) in [6, 6.07) is 14.9. The lowest BCUT2D eigenvalue weighted by Crippen LogP contribution is -2.04. The Morgan fingerprint density at radius 3 is 2.50 bits per heavy atom. The van der Waals surface area contributed by atoms with Gasteiger partial charge in [-0.15, -0.1) is 0 Å². The Morgan fingerprint density at radius 2 is 1.72 bits per heavy atom. The summed E-state index contributed by atoms with van der Waals surface area (Å²) in [6.07, 6.45) is 0. The van der Waals surface area contributed by atoms with Crippen LogP contribution in [0.4, 0.5) is 5.69 Å². The maximum Gasteiger partial charge on any atom is 0.323 e. The van der Waals surface area contributed by atoms with E-state index >= 15 is 0 Å². The largest absolute Gasteiger partial charge is 0.490 e. The van der Waals surface area contributed by atoms with Crippen LogP contribution in [-0.4, -0.2) is 16.6 Å². The van der Waals surface area contributed by atoms with Crippen LogP contribution in [0.15, 0.2) is 57.8 Å². The second-order valence-corrected chi connectivity index (χ2v) is 8.72. The van der Waals surface area contributed by atoms with Gasteiger partial charge in [0.1, 0.15) is 6.61 Å². The van der Waals surface area contributed by atoms with E-state index in [-0.39, 0.29) is 5.69 Å². The van der Waals surface area contributed by atoms with Crippen LogP contribution in [0.2, 0.25) is 10.0 Å². The molecule has 4 rings (SSSR count). The fourth-order valence-electron chi connectivity index (χ4n) is 3.22. The number of nitrogens with one attached hydrogen (secondary N) is 3. The van der Waals surface area contributed by atoms with Crippen LogP contribution in [0.5, 0.6) is 11.5 Å². The van der Waals surface area contributed by atoms with Crippen molar-refractivity contribution in [2.75, 3.05) is 11.9 Å². The number of benzene rings is 3. The van der Waals surface area contributed by atoms with Crippen LogP contribution in [0.3, 0.4) is 0 Å². The lowest BCUT2D eigenvalue weighted by Gasteiger charge is -2.16. The minimum atomic E-state index is -0.224. The van der Waals surface area contributed by atoms with E-state index in [1.54, 1.807) is 12.1 Å². The van der Waals surface area contributed by atoms with Crippen LogP contribution in [0.1, 0.15) is 18.1 Å². The van der Waals surface area contributed by atoms with Gasteiger partial charge in [0.15, 0.2) is 11.5 Å². The highest BCUT2D eigenvalue weighted by atomic mass is 79.9. The van der Waals surface area contributed by atoms with Crippen molar-refractivity contribution < 1.29 is 9.47 Å². The number of H-pyrrole nitrogens is 2. The van der Waals surface area contributed by atoms with Gasteiger partial charge in [0, 0.05) is 16.7 Å². The van der Waals surface area contributed by atoms with Gasteiger partial charge in [-0.2, -0.15) is 0 Å². The molecular formula is C23H20BrCl2N3O3. The average molecular weight is 537 g/mol. The number of ether oxygens (including phenoxy) is 2. The molecule has 0 spiro atoms. The molecule has 0 fully saturated rings. The molecule has 0 amide bonds. The second kappa shape index (κ2) is 9.90. The molecule has 0 aliphatic carbocycles. The summed E-state index contributed by atoms with van der Waals surface area (Å²) in [5.74, 6) is 1.28. The smallest absolute Gasteiger partial charge is 0.323 e. The predicted octanol–water partition coefficient (Wildman–Crippen LogP) is 6.52. The third-order valence-corrected chi connectivity index (χ3v) is 6.27. The van der Waals surface area contributed by atoms with Gasteiger partial charge in [-0.05, 0) is 60.5 Å². The van der Waals surface area contributed by atoms with Crippen LogP contribution < -0.4 is 20.5 Å². The fraction of sp³-hybridized carbons (Fsp3) is 0.174. The molecule has 0 aliphatic rings. The predicted molar refractivity (Wildman–Crippen MR) is 132 cm³/mol. The quantitative estimate of drug-likeness (QED) is 0.239. The zero-order chi connectivity index (χ0) is 22.7. The Bertz CT molecular complexity index is 1320. The molecule has 6 nitrogen and oxygen atoms in total. The van der Waals surface area contributed by atoms with Crippen molar-refractivity contribution in [3.05, 3.63) is 84.7 Å². The van der Waals surface area contributed by atoms with E-state index in [2.05, 4.69) is 31.2 Å². The molecule has 3 aromatic carbocycles. The fourth-order valence-corrected chi connectivity index (χ4v) is 4.01. The molecule has 0 aliphatic heterocycles. The van der Waals surface area contributed by atoms with Gasteiger partial charge >= 0.3 is 5.69 Å². The first-order valence-electron chi connectivity index (χ1n) is 9.91. The molecule has 3 N–H and O–H groups in total. The van der Waals surface area contributed by atoms with Gasteiger partial charge < -0.3 is 24.8 Å². The summed E-state index contributed by atoms with van der Waals surface area (Å²) in [6.45, 7) is 3.31. The third-order valence-electron chi connectivity index (χ3n) is 4.79. The normalized spacial score (nSPS) is 11.0. The van der Waals surface area contributed by atoms with Gasteiger partial charge in [-0.25, -0.2) is 4.79 Å². The first-order valence-corrected chi connectivity index (χ1v) is 11.5. The molecular weight excluding hydrogens is 517 g/mol. The zero-order valence-electron chi connectivity index (χ0n) is 17.1. The molecule has 0 radical (unpaired) electrons. The lowest BCUT2D eigenvalue weighted by molar-refractivity contribution is 0.269. The Hall–Kier alpha value is -2.61. The third kappa shape index (κ3) is 5.23. The molecule has 9 heteroatoms. The van der Waals surface area contributed by atoms with Crippen molar-refractivity contribution in [3.8, 4) is 11.5 Å². The van der Waals surface area contributed by atoms with Gasteiger partial charge in [-0.1, -0.05) is 45.2 Å². The highest BCUT2D eigenvalue weighted by molar-refractivity contribution is 9.10. The summed E-state index contributed by atoms with van der Waals surface area (Å²) in [5, 5.41) is 4.37. The topological polar surface area (TPSA) is 79.1 Å². The summed E-state index contributed by atoms with van der Waals surface area (Å²) < 4.78 is 12.7. The molecule has 1 aromatic heterocycles. The summed E-state index contributed by atoms with van der Waals surface area (Å²) in [7, 11) is 0. The maximum atomic E-state index is 11.5. The molecule has 1 heterocycles. The number of halogens is 3. The van der Waals surface area contributed by atoms with Crippen molar-refractivity contribution in [2.24, 2.45) is 0 Å². The van der Waals surface area contributed by atoms with Crippen molar-refractivity contribution in [1.29, 1.82) is 0 Å². The number of imidazole rings is 1. The number of rotatable bonds is 8. The van der Waals surface area contributed by atoms with Gasteiger partial charge in [0.05, 0.1) is 27.7 Å². The molecule has 0 atom stereocenters. The Kier molecular flexibility index (Phi) is 6.98. The van der Waals surface area contributed by atoms with Gasteiger partial charge in [0.25, 0.3) is 0 Å². The standard InChI is InChI=1S/C23H20BrCl2N3O3/c1-2-31-21-8-14(11-27-15-4-6-19-20(9-15)29-23(30)28-19)16(24)10-22(21)32-12-13-3-5-17(25)18(26)7-13/h3-10,27H,2,11-12H2,1H3,(H2,28,29,30). The number of anilines is 1. The maximum absolute atomic E-state index is 11.5. The van der Waals surface area contributed by atoms with E-state index in [0.29, 0.717) is 41.3 Å².